The van der Waals surface area contributed by atoms with E-state index in [-0.39, 0.29) is 17.2 Å². The molecule has 0 aliphatic carbocycles. The van der Waals surface area contributed by atoms with E-state index in [9.17, 15) is 18.5 Å². The number of sulfonamides is 1. The molecular weight excluding hydrogens is 324 g/mol. The molecule has 0 amide bonds. The van der Waals surface area contributed by atoms with Crippen LogP contribution in [0.5, 0.6) is 0 Å². The van der Waals surface area contributed by atoms with Gasteiger partial charge in [-0.1, -0.05) is 12.1 Å². The van der Waals surface area contributed by atoms with Gasteiger partial charge in [-0.2, -0.15) is 13.4 Å². The van der Waals surface area contributed by atoms with Gasteiger partial charge < -0.3 is 0 Å². The summed E-state index contributed by atoms with van der Waals surface area (Å²) in [6, 6.07) is 5.81. The van der Waals surface area contributed by atoms with E-state index >= 15 is 0 Å². The highest BCUT2D eigenvalue weighted by atomic mass is 32.2. The molecule has 0 spiro atoms. The van der Waals surface area contributed by atoms with Gasteiger partial charge in [0.05, 0.1) is 4.92 Å². The first-order valence-electron chi connectivity index (χ1n) is 6.33. The number of nitrogens with zero attached hydrogens (tertiary/aromatic N) is 5. The Hall–Kier alpha value is -3.08. The lowest BCUT2D eigenvalue weighted by atomic mass is 10.2. The zero-order valence-electron chi connectivity index (χ0n) is 11.7. The van der Waals surface area contributed by atoms with E-state index in [1.807, 2.05) is 0 Å². The minimum atomic E-state index is -4.19. The Labute approximate surface area is 130 Å². The first-order valence-corrected chi connectivity index (χ1v) is 7.81. The summed E-state index contributed by atoms with van der Waals surface area (Å²) in [6.45, 7) is 1.56. The van der Waals surface area contributed by atoms with Gasteiger partial charge in [-0.25, -0.2) is 9.50 Å². The van der Waals surface area contributed by atoms with Crippen molar-refractivity contribution < 1.29 is 13.3 Å². The Morgan fingerprint density at radius 3 is 2.78 bits per heavy atom. The topological polar surface area (TPSA) is 132 Å². The van der Waals surface area contributed by atoms with Crippen molar-refractivity contribution >= 4 is 27.2 Å². The smallest absolute Gasteiger partial charge is 0.270 e. The summed E-state index contributed by atoms with van der Waals surface area (Å²) in [7, 11) is -4.19. The van der Waals surface area contributed by atoms with E-state index in [0.29, 0.717) is 5.56 Å². The summed E-state index contributed by atoms with van der Waals surface area (Å²) in [6.07, 6.45) is 2.94. The summed E-state index contributed by atoms with van der Waals surface area (Å²) in [5, 5.41) is 14.4. The molecule has 0 saturated heterocycles. The quantitative estimate of drug-likeness (QED) is 0.558. The van der Waals surface area contributed by atoms with E-state index in [2.05, 4.69) is 19.8 Å². The number of aromatic nitrogens is 4. The predicted molar refractivity (Wildman–Crippen MR) is 79.4 cm³/mol. The monoisotopic (exact) mass is 334 g/mol. The average Bonchev–Trinajstić information content (AvgIpc) is 2.94. The molecular formula is C12H10N6O4S. The largest absolute Gasteiger partial charge is 0.299 e. The lowest BCUT2D eigenvalue weighted by Gasteiger charge is -2.08. The van der Waals surface area contributed by atoms with Crippen molar-refractivity contribution in [3.05, 3.63) is 52.3 Å². The number of hydrogen-bond acceptors (Lipinski definition) is 7. The number of anilines is 1. The fourth-order valence-electron chi connectivity index (χ4n) is 1.94. The number of nitrogens with one attached hydrogen (secondary N) is 1. The van der Waals surface area contributed by atoms with Gasteiger partial charge >= 0.3 is 0 Å². The lowest BCUT2D eigenvalue weighted by molar-refractivity contribution is -0.383. The van der Waals surface area contributed by atoms with Gasteiger partial charge in [0.2, 0.25) is 0 Å². The van der Waals surface area contributed by atoms with Gasteiger partial charge in [-0.3, -0.25) is 14.8 Å². The molecule has 0 fully saturated rings. The predicted octanol–water partition coefficient (Wildman–Crippen LogP) is 1.14. The molecule has 0 saturated carbocycles. The van der Waals surface area contributed by atoms with Crippen LogP contribution in [0.3, 0.4) is 0 Å². The molecule has 3 rings (SSSR count). The molecule has 23 heavy (non-hydrogen) atoms. The highest BCUT2D eigenvalue weighted by molar-refractivity contribution is 7.92. The zero-order chi connectivity index (χ0) is 16.6. The first kappa shape index (κ1) is 14.8. The molecule has 0 aliphatic heterocycles. The number of rotatable bonds is 4. The Kier molecular flexibility index (Phi) is 3.41. The molecule has 0 atom stereocenters. The second kappa shape index (κ2) is 5.28. The maximum absolute atomic E-state index is 12.4. The summed E-state index contributed by atoms with van der Waals surface area (Å²) >= 11 is 0. The third-order valence-corrected chi connectivity index (χ3v) is 4.15. The van der Waals surface area contributed by atoms with Crippen molar-refractivity contribution in [2.24, 2.45) is 0 Å². The van der Waals surface area contributed by atoms with Crippen LogP contribution in [0.25, 0.3) is 5.78 Å². The van der Waals surface area contributed by atoms with Gasteiger partial charge in [0.25, 0.3) is 26.6 Å². The van der Waals surface area contributed by atoms with Crippen LogP contribution in [0.15, 0.2) is 41.8 Å². The van der Waals surface area contributed by atoms with Gasteiger partial charge in [-0.15, -0.1) is 5.10 Å². The Balaban J connectivity index is 2.07. The zero-order valence-corrected chi connectivity index (χ0v) is 12.6. The van der Waals surface area contributed by atoms with Crippen LogP contribution in [-0.4, -0.2) is 32.9 Å². The third kappa shape index (κ3) is 2.68. The maximum Gasteiger partial charge on any atom is 0.299 e. The number of hydrogen-bond donors (Lipinski definition) is 1. The Bertz CT molecular complexity index is 980. The van der Waals surface area contributed by atoms with Gasteiger partial charge in [0.15, 0.2) is 0 Å². The SMILES string of the molecule is Cc1cccc([N+](=O)[O-])c1NS(=O)(=O)c1nc2ncccn2n1. The molecule has 2 heterocycles. The average molecular weight is 334 g/mol. The van der Waals surface area contributed by atoms with Crippen LogP contribution in [0.2, 0.25) is 0 Å². The van der Waals surface area contributed by atoms with Gasteiger partial charge in [-0.05, 0) is 18.6 Å². The lowest BCUT2D eigenvalue weighted by Crippen LogP contribution is -2.16. The number of nitro benzene ring substituents is 1. The molecule has 118 valence electrons. The van der Waals surface area contributed by atoms with E-state index in [1.165, 1.54) is 29.0 Å². The molecule has 0 bridgehead atoms. The van der Waals surface area contributed by atoms with Crippen molar-refractivity contribution in [2.45, 2.75) is 12.1 Å². The summed E-state index contributed by atoms with van der Waals surface area (Å²) in [5.74, 6) is 0.104. The van der Waals surface area contributed by atoms with Crippen molar-refractivity contribution in [1.82, 2.24) is 19.6 Å². The van der Waals surface area contributed by atoms with E-state index in [1.54, 1.807) is 19.1 Å². The molecule has 2 aromatic heterocycles. The van der Waals surface area contributed by atoms with E-state index in [0.717, 1.165) is 0 Å². The number of para-hydroxylation sites is 1. The van der Waals surface area contributed by atoms with Crippen molar-refractivity contribution in [3.8, 4) is 0 Å². The van der Waals surface area contributed by atoms with Crippen LogP contribution in [0.1, 0.15) is 5.56 Å². The van der Waals surface area contributed by atoms with E-state index in [4.69, 9.17) is 0 Å². The fourth-order valence-corrected chi connectivity index (χ4v) is 2.97. The van der Waals surface area contributed by atoms with Crippen LogP contribution < -0.4 is 4.72 Å². The third-order valence-electron chi connectivity index (χ3n) is 3.02. The maximum atomic E-state index is 12.4. The second-order valence-corrected chi connectivity index (χ2v) is 6.17. The summed E-state index contributed by atoms with van der Waals surface area (Å²) < 4.78 is 28.2. The molecule has 0 unspecified atom stereocenters. The van der Waals surface area contributed by atoms with Crippen LogP contribution >= 0.6 is 0 Å². The molecule has 1 N–H and O–H groups in total. The van der Waals surface area contributed by atoms with Crippen molar-refractivity contribution in [1.29, 1.82) is 0 Å². The number of fused-ring (bicyclic) bond motifs is 1. The van der Waals surface area contributed by atoms with Crippen LogP contribution in [-0.2, 0) is 10.0 Å². The molecule has 11 heteroatoms. The van der Waals surface area contributed by atoms with Crippen molar-refractivity contribution in [2.75, 3.05) is 4.72 Å². The highest BCUT2D eigenvalue weighted by Gasteiger charge is 2.26. The molecule has 1 aromatic carbocycles. The van der Waals surface area contributed by atoms with Gasteiger partial charge in [0, 0.05) is 18.5 Å². The number of benzene rings is 1. The molecule has 0 aliphatic rings. The van der Waals surface area contributed by atoms with E-state index < -0.39 is 20.1 Å². The molecule has 3 aromatic rings. The van der Waals surface area contributed by atoms with Gasteiger partial charge in [0.1, 0.15) is 5.69 Å². The normalized spacial score (nSPS) is 11.5. The molecule has 0 radical (unpaired) electrons. The number of nitro groups is 1. The first-order chi connectivity index (χ1) is 10.9. The fraction of sp³-hybridized carbons (Fsp3) is 0.0833. The summed E-state index contributed by atoms with van der Waals surface area (Å²) in [4.78, 5) is 18.1. The van der Waals surface area contributed by atoms with Crippen LogP contribution in [0, 0.1) is 17.0 Å². The number of aryl methyl sites for hydroxylation is 1. The second-order valence-electron chi connectivity index (χ2n) is 4.59. The minimum absolute atomic E-state index is 0.104. The highest BCUT2D eigenvalue weighted by Crippen LogP contribution is 2.29. The Morgan fingerprint density at radius 1 is 1.30 bits per heavy atom. The summed E-state index contributed by atoms with van der Waals surface area (Å²) in [5.41, 5.74) is -0.0653. The molecule has 10 nitrogen and oxygen atoms in total. The van der Waals surface area contributed by atoms with Crippen molar-refractivity contribution in [3.63, 3.8) is 0 Å². The Morgan fingerprint density at radius 2 is 2.09 bits per heavy atom. The van der Waals surface area contributed by atoms with Crippen LogP contribution in [0.4, 0.5) is 11.4 Å². The minimum Gasteiger partial charge on any atom is -0.270 e. The standard InChI is InChI=1S/C12H10N6O4S/c1-8-4-2-5-9(18(19)20)10(8)16-23(21,22)12-14-11-13-6-3-7-17(11)15-12/h2-7,16H,1H3.